The van der Waals surface area contributed by atoms with Gasteiger partial charge in [0.25, 0.3) is 0 Å². The Hall–Kier alpha value is -1.06. The van der Waals surface area contributed by atoms with E-state index in [0.29, 0.717) is 19.4 Å². The van der Waals surface area contributed by atoms with Crippen molar-refractivity contribution >= 4 is 11.9 Å². The lowest BCUT2D eigenvalue weighted by molar-refractivity contribution is -0.141. The highest BCUT2D eigenvalue weighted by Crippen LogP contribution is 2.28. The molecule has 1 unspecified atom stereocenters. The summed E-state index contributed by atoms with van der Waals surface area (Å²) in [4.78, 5) is 22.1. The van der Waals surface area contributed by atoms with E-state index >= 15 is 0 Å². The average Bonchev–Trinajstić information content (AvgIpc) is 2.84. The third-order valence-electron chi connectivity index (χ3n) is 3.81. The first-order valence-electron chi connectivity index (χ1n) is 7.09. The van der Waals surface area contributed by atoms with Gasteiger partial charge >= 0.3 is 5.97 Å². The van der Waals surface area contributed by atoms with Crippen molar-refractivity contribution in [3.63, 3.8) is 0 Å². The molecule has 0 aromatic rings. The Balaban J connectivity index is 1.97. The number of aliphatic carboxylic acids is 1. The zero-order valence-electron chi connectivity index (χ0n) is 11.3. The number of hydrogen-bond donors (Lipinski definition) is 2. The molecule has 4 nitrogen and oxygen atoms in total. The van der Waals surface area contributed by atoms with Crippen LogP contribution in [0.3, 0.4) is 0 Å². The fraction of sp³-hybridized carbons (Fsp3) is 0.857. The van der Waals surface area contributed by atoms with Crippen LogP contribution in [0.2, 0.25) is 0 Å². The van der Waals surface area contributed by atoms with Gasteiger partial charge in [0.05, 0.1) is 5.92 Å². The Morgan fingerprint density at radius 2 is 2.00 bits per heavy atom. The van der Waals surface area contributed by atoms with Gasteiger partial charge in [-0.15, -0.1) is 0 Å². The Bertz CT molecular complexity index is 272. The highest BCUT2D eigenvalue weighted by Gasteiger charge is 2.16. The van der Waals surface area contributed by atoms with Gasteiger partial charge in [0.1, 0.15) is 0 Å². The maximum absolute atomic E-state index is 11.6. The Labute approximate surface area is 109 Å². The van der Waals surface area contributed by atoms with Gasteiger partial charge in [-0.25, -0.2) is 0 Å². The molecule has 1 fully saturated rings. The van der Waals surface area contributed by atoms with Gasteiger partial charge in [0, 0.05) is 13.0 Å². The summed E-state index contributed by atoms with van der Waals surface area (Å²) in [7, 11) is 0. The first-order chi connectivity index (χ1) is 8.59. The smallest absolute Gasteiger partial charge is 0.306 e. The fourth-order valence-electron chi connectivity index (χ4n) is 2.48. The number of hydrogen-bond acceptors (Lipinski definition) is 2. The summed E-state index contributed by atoms with van der Waals surface area (Å²) in [6.07, 6.45) is 8.20. The normalized spacial score (nSPS) is 17.6. The molecule has 0 aromatic heterocycles. The SMILES string of the molecule is CC(CCCNC(=O)CCC1CCCC1)C(=O)O. The Morgan fingerprint density at radius 1 is 1.33 bits per heavy atom. The molecule has 1 amide bonds. The van der Waals surface area contributed by atoms with Crippen molar-refractivity contribution in [2.75, 3.05) is 6.54 Å². The minimum Gasteiger partial charge on any atom is -0.481 e. The molecule has 0 aliphatic heterocycles. The summed E-state index contributed by atoms with van der Waals surface area (Å²) in [5, 5.41) is 11.6. The number of carboxylic acids is 1. The van der Waals surface area contributed by atoms with Crippen molar-refractivity contribution in [1.82, 2.24) is 5.32 Å². The highest BCUT2D eigenvalue weighted by molar-refractivity contribution is 5.75. The first kappa shape index (κ1) is 15.0. The number of carbonyl (C=O) groups excluding carboxylic acids is 1. The number of nitrogens with one attached hydrogen (secondary N) is 1. The number of carbonyl (C=O) groups is 2. The van der Waals surface area contributed by atoms with Gasteiger partial charge in [0.15, 0.2) is 0 Å². The molecule has 1 atom stereocenters. The van der Waals surface area contributed by atoms with Crippen molar-refractivity contribution in [2.24, 2.45) is 11.8 Å². The second kappa shape index (κ2) is 8.11. The van der Waals surface area contributed by atoms with E-state index in [4.69, 9.17) is 5.11 Å². The van der Waals surface area contributed by atoms with Gasteiger partial charge in [0.2, 0.25) is 5.91 Å². The molecule has 104 valence electrons. The van der Waals surface area contributed by atoms with E-state index in [0.717, 1.165) is 18.8 Å². The van der Waals surface area contributed by atoms with Crippen LogP contribution in [-0.2, 0) is 9.59 Å². The highest BCUT2D eigenvalue weighted by atomic mass is 16.4. The molecule has 0 heterocycles. The maximum Gasteiger partial charge on any atom is 0.306 e. The molecule has 0 aromatic carbocycles. The summed E-state index contributed by atoms with van der Waals surface area (Å²) in [6, 6.07) is 0. The van der Waals surface area contributed by atoms with Gasteiger partial charge < -0.3 is 10.4 Å². The zero-order valence-corrected chi connectivity index (χ0v) is 11.3. The van der Waals surface area contributed by atoms with Crippen molar-refractivity contribution in [3.05, 3.63) is 0 Å². The van der Waals surface area contributed by atoms with Crippen molar-refractivity contribution in [2.45, 2.75) is 58.3 Å². The zero-order chi connectivity index (χ0) is 13.4. The second-order valence-corrected chi connectivity index (χ2v) is 5.42. The van der Waals surface area contributed by atoms with E-state index in [-0.39, 0.29) is 11.8 Å². The van der Waals surface area contributed by atoms with Crippen molar-refractivity contribution in [3.8, 4) is 0 Å². The summed E-state index contributed by atoms with van der Waals surface area (Å²) in [6.45, 7) is 2.30. The number of rotatable bonds is 8. The minimum atomic E-state index is -0.762. The summed E-state index contributed by atoms with van der Waals surface area (Å²) in [5.74, 6) is -0.212. The largest absolute Gasteiger partial charge is 0.481 e. The third kappa shape index (κ3) is 6.03. The van der Waals surface area contributed by atoms with E-state index in [1.165, 1.54) is 25.7 Å². The third-order valence-corrected chi connectivity index (χ3v) is 3.81. The molecule has 1 aliphatic carbocycles. The molecule has 2 N–H and O–H groups in total. The molecule has 4 heteroatoms. The van der Waals surface area contributed by atoms with Crippen LogP contribution in [0.4, 0.5) is 0 Å². The van der Waals surface area contributed by atoms with E-state index in [2.05, 4.69) is 5.32 Å². The van der Waals surface area contributed by atoms with Crippen LogP contribution in [0.1, 0.15) is 58.3 Å². The van der Waals surface area contributed by atoms with Crippen molar-refractivity contribution < 1.29 is 14.7 Å². The predicted molar refractivity (Wildman–Crippen MR) is 70.2 cm³/mol. The van der Waals surface area contributed by atoms with Crippen molar-refractivity contribution in [1.29, 1.82) is 0 Å². The van der Waals surface area contributed by atoms with Crippen LogP contribution in [0.25, 0.3) is 0 Å². The van der Waals surface area contributed by atoms with Crippen LogP contribution in [0.15, 0.2) is 0 Å². The molecule has 0 radical (unpaired) electrons. The van der Waals surface area contributed by atoms with Crippen LogP contribution < -0.4 is 5.32 Å². The average molecular weight is 255 g/mol. The number of amides is 1. The molecular formula is C14H25NO3. The molecule has 0 saturated heterocycles. The van der Waals surface area contributed by atoms with Gasteiger partial charge in [-0.3, -0.25) is 9.59 Å². The summed E-state index contributed by atoms with van der Waals surface area (Å²) >= 11 is 0. The predicted octanol–water partition coefficient (Wildman–Crippen LogP) is 2.57. The molecular weight excluding hydrogens is 230 g/mol. The van der Waals surface area contributed by atoms with Gasteiger partial charge in [-0.1, -0.05) is 32.6 Å². The van der Waals surface area contributed by atoms with E-state index < -0.39 is 5.97 Å². The van der Waals surface area contributed by atoms with Crippen LogP contribution in [0, 0.1) is 11.8 Å². The second-order valence-electron chi connectivity index (χ2n) is 5.42. The lowest BCUT2D eigenvalue weighted by Gasteiger charge is -2.10. The minimum absolute atomic E-state index is 0.116. The topological polar surface area (TPSA) is 66.4 Å². The molecule has 0 bridgehead atoms. The fourth-order valence-corrected chi connectivity index (χ4v) is 2.48. The quantitative estimate of drug-likeness (QED) is 0.655. The monoisotopic (exact) mass is 255 g/mol. The molecule has 1 saturated carbocycles. The van der Waals surface area contributed by atoms with E-state index in [1.807, 2.05) is 0 Å². The van der Waals surface area contributed by atoms with Gasteiger partial charge in [-0.05, 0) is 25.2 Å². The molecule has 1 rings (SSSR count). The first-order valence-corrected chi connectivity index (χ1v) is 7.09. The van der Waals surface area contributed by atoms with Crippen LogP contribution in [0.5, 0.6) is 0 Å². The van der Waals surface area contributed by atoms with Crippen LogP contribution >= 0.6 is 0 Å². The maximum atomic E-state index is 11.6. The Morgan fingerprint density at radius 3 is 2.61 bits per heavy atom. The van der Waals surface area contributed by atoms with E-state index in [1.54, 1.807) is 6.92 Å². The standard InChI is InChI=1S/C14H25NO3/c1-11(14(17)18)5-4-10-15-13(16)9-8-12-6-2-3-7-12/h11-12H,2-10H2,1H3,(H,15,16)(H,17,18). The number of carboxylic acid groups (broad SMARTS) is 1. The van der Waals surface area contributed by atoms with Gasteiger partial charge in [-0.2, -0.15) is 0 Å². The molecule has 0 spiro atoms. The Kier molecular flexibility index (Phi) is 6.76. The van der Waals surface area contributed by atoms with E-state index in [9.17, 15) is 9.59 Å². The lowest BCUT2D eigenvalue weighted by atomic mass is 10.0. The van der Waals surface area contributed by atoms with Crippen LogP contribution in [-0.4, -0.2) is 23.5 Å². The molecule has 18 heavy (non-hydrogen) atoms. The molecule has 1 aliphatic rings. The lowest BCUT2D eigenvalue weighted by Crippen LogP contribution is -2.25. The summed E-state index contributed by atoms with van der Waals surface area (Å²) in [5.41, 5.74) is 0. The summed E-state index contributed by atoms with van der Waals surface area (Å²) < 4.78 is 0.